The number of nitrogens with one attached hydrogen (secondary N) is 1. The van der Waals surface area contributed by atoms with E-state index in [-0.39, 0.29) is 50.4 Å². The zero-order chi connectivity index (χ0) is 42.6. The van der Waals surface area contributed by atoms with Gasteiger partial charge in [0.25, 0.3) is 10.2 Å². The quantitative estimate of drug-likeness (QED) is 0.0387. The van der Waals surface area contributed by atoms with Gasteiger partial charge in [-0.3, -0.25) is 0 Å². The van der Waals surface area contributed by atoms with E-state index in [1.807, 2.05) is 55.5 Å². The molecule has 0 amide bonds. The van der Waals surface area contributed by atoms with Crippen LogP contribution in [0.2, 0.25) is 5.15 Å². The lowest BCUT2D eigenvalue weighted by Gasteiger charge is -2.19. The largest absolute Gasteiger partial charge is 0.511 e. The maximum atomic E-state index is 13.6. The van der Waals surface area contributed by atoms with Crippen LogP contribution in [0.5, 0.6) is 0 Å². The Morgan fingerprint density at radius 3 is 2.42 bits per heavy atom. The predicted molar refractivity (Wildman–Crippen MR) is 201 cm³/mol. The number of hydrogen-bond acceptors (Lipinski definition) is 19. The first-order chi connectivity index (χ1) is 29.0. The first-order valence-electron chi connectivity index (χ1n) is 18.8. The third-order valence-electron chi connectivity index (χ3n) is 9.28. The van der Waals surface area contributed by atoms with Crippen molar-refractivity contribution in [1.82, 2.24) is 30.2 Å². The molecular formula is C36H41ClN8O15. The molecule has 0 bridgehead atoms. The number of nitrogens with zero attached hydrogens (tertiary/aromatic N) is 7. The van der Waals surface area contributed by atoms with Crippen LogP contribution < -0.4 is 0 Å². The molecule has 6 atom stereocenters. The van der Waals surface area contributed by atoms with Crippen molar-refractivity contribution in [1.29, 1.82) is 0 Å². The molecule has 0 saturated carbocycles. The molecule has 60 heavy (non-hydrogen) atoms. The fourth-order valence-electron chi connectivity index (χ4n) is 6.57. The average Bonchev–Trinajstić information content (AvgIpc) is 4.03. The van der Waals surface area contributed by atoms with Gasteiger partial charge >= 0.3 is 12.1 Å². The molecule has 2 aliphatic heterocycles. The van der Waals surface area contributed by atoms with Gasteiger partial charge in [0, 0.05) is 25.5 Å². The summed E-state index contributed by atoms with van der Waals surface area (Å²) < 4.78 is 40.5. The lowest BCUT2D eigenvalue weighted by atomic mass is 9.98. The number of imidazole rings is 1. The highest BCUT2D eigenvalue weighted by Crippen LogP contribution is 2.32. The number of hydrogen-bond donors (Lipinski definition) is 1. The van der Waals surface area contributed by atoms with E-state index in [9.17, 15) is 29.8 Å². The van der Waals surface area contributed by atoms with Crippen molar-refractivity contribution >= 4 is 23.7 Å². The highest BCUT2D eigenvalue weighted by Gasteiger charge is 2.50. The highest BCUT2D eigenvalue weighted by molar-refractivity contribution is 6.32. The number of aryl methyl sites for hydroxylation is 1. The SMILES string of the molecule is CCCCc1nc(Cl)c(C(=O)OC(C)OC(=O)O[C@H]2COC3C2OC[C@H]3OCCOC[C@H](CO[N+](=O)[O-])O[N+](=O)[O-])n1Cc1ccc(-c2ccccc2-c2nn[nH]n2)cc1. The van der Waals surface area contributed by atoms with Crippen LogP contribution in [0.25, 0.3) is 22.5 Å². The van der Waals surface area contributed by atoms with Crippen molar-refractivity contribution in [3.8, 4) is 22.5 Å². The van der Waals surface area contributed by atoms with Crippen LogP contribution in [0.4, 0.5) is 4.79 Å². The predicted octanol–water partition coefficient (Wildman–Crippen LogP) is 3.78. The number of fused-ring (bicyclic) bond motifs is 1. The maximum absolute atomic E-state index is 13.6. The molecule has 0 spiro atoms. The monoisotopic (exact) mass is 860 g/mol. The lowest BCUT2D eigenvalue weighted by molar-refractivity contribution is -0.790. The zero-order valence-corrected chi connectivity index (χ0v) is 33.0. The Bertz CT molecular complexity index is 2070. The number of aromatic nitrogens is 6. The van der Waals surface area contributed by atoms with E-state index in [0.717, 1.165) is 35.1 Å². The normalized spacial score (nSPS) is 19.2. The Balaban J connectivity index is 0.997. The van der Waals surface area contributed by atoms with Gasteiger partial charge in [0.05, 0.1) is 33.0 Å². The van der Waals surface area contributed by atoms with E-state index < -0.39 is 65.7 Å². The van der Waals surface area contributed by atoms with Gasteiger partial charge in [0.2, 0.25) is 12.1 Å². The summed E-state index contributed by atoms with van der Waals surface area (Å²) in [5, 5.41) is 33.1. The molecule has 24 heteroatoms. The first kappa shape index (κ1) is 43.6. The van der Waals surface area contributed by atoms with Gasteiger partial charge in [-0.15, -0.1) is 30.4 Å². The zero-order valence-electron chi connectivity index (χ0n) is 32.3. The number of benzene rings is 2. The van der Waals surface area contributed by atoms with Gasteiger partial charge in [-0.2, -0.15) is 5.21 Å². The number of carbonyl (C=O) groups is 2. The molecule has 0 aliphatic carbocycles. The third-order valence-corrected chi connectivity index (χ3v) is 9.54. The van der Waals surface area contributed by atoms with Crippen molar-refractivity contribution in [3.05, 3.63) is 91.0 Å². The van der Waals surface area contributed by atoms with Gasteiger partial charge in [-0.25, -0.2) is 14.6 Å². The molecule has 4 heterocycles. The number of rotatable bonds is 22. The molecule has 6 rings (SSSR count). The molecule has 3 unspecified atom stereocenters. The number of unbranched alkanes of at least 4 members (excludes halogenated alkanes) is 1. The Labute approximate surface area is 345 Å². The van der Waals surface area contributed by atoms with Crippen LogP contribution >= 0.6 is 11.6 Å². The van der Waals surface area contributed by atoms with Crippen LogP contribution in [0.1, 0.15) is 48.6 Å². The molecule has 4 aromatic rings. The Morgan fingerprint density at radius 1 is 0.983 bits per heavy atom. The maximum Gasteiger partial charge on any atom is 0.511 e. The molecule has 322 valence electrons. The molecule has 2 aliphatic rings. The van der Waals surface area contributed by atoms with Crippen LogP contribution in [0.15, 0.2) is 48.5 Å². The van der Waals surface area contributed by atoms with E-state index >= 15 is 0 Å². The summed E-state index contributed by atoms with van der Waals surface area (Å²) in [6, 6.07) is 15.5. The number of aromatic amines is 1. The first-order valence-corrected chi connectivity index (χ1v) is 19.1. The molecule has 1 N–H and O–H groups in total. The van der Waals surface area contributed by atoms with Crippen molar-refractivity contribution in [3.63, 3.8) is 0 Å². The topological polar surface area (TPSA) is 276 Å². The molecule has 2 fully saturated rings. The van der Waals surface area contributed by atoms with Gasteiger partial charge in [0.1, 0.15) is 30.7 Å². The Hall–Kier alpha value is -6.01. The summed E-state index contributed by atoms with van der Waals surface area (Å²) in [4.78, 5) is 60.3. The number of tetrazole rings is 1. The molecule has 0 radical (unpaired) electrons. The summed E-state index contributed by atoms with van der Waals surface area (Å²) in [5.41, 5.74) is 3.49. The summed E-state index contributed by atoms with van der Waals surface area (Å²) in [5.74, 6) is 0.194. The minimum Gasteiger partial charge on any atom is -0.426 e. The molecular weight excluding hydrogens is 820 g/mol. The van der Waals surface area contributed by atoms with Gasteiger partial charge in [-0.05, 0) is 28.3 Å². The molecule has 23 nitrogen and oxygen atoms in total. The summed E-state index contributed by atoms with van der Waals surface area (Å²) >= 11 is 6.54. The Kier molecular flexibility index (Phi) is 15.1. The van der Waals surface area contributed by atoms with Gasteiger partial charge < -0.3 is 47.4 Å². The average molecular weight is 861 g/mol. The minimum atomic E-state index is -1.39. The van der Waals surface area contributed by atoms with Crippen LogP contribution in [0, 0.1) is 20.2 Å². The Morgan fingerprint density at radius 2 is 1.72 bits per heavy atom. The van der Waals surface area contributed by atoms with Crippen molar-refractivity contribution in [2.24, 2.45) is 0 Å². The minimum absolute atomic E-state index is 0.00508. The smallest absolute Gasteiger partial charge is 0.426 e. The lowest BCUT2D eigenvalue weighted by Crippen LogP contribution is -2.36. The number of H-pyrrole nitrogens is 1. The molecule has 2 aromatic heterocycles. The molecule has 2 aromatic carbocycles. The van der Waals surface area contributed by atoms with Crippen molar-refractivity contribution in [2.75, 3.05) is 39.6 Å². The number of esters is 1. The van der Waals surface area contributed by atoms with E-state index in [2.05, 4.69) is 35.3 Å². The second kappa shape index (κ2) is 20.8. The number of ether oxygens (including phenoxy) is 7. The fraction of sp³-hybridized carbons (Fsp3) is 0.500. The van der Waals surface area contributed by atoms with Gasteiger partial charge in [-0.1, -0.05) is 73.5 Å². The number of carbonyl (C=O) groups excluding carboxylic acids is 2. The third kappa shape index (κ3) is 11.4. The summed E-state index contributed by atoms with van der Waals surface area (Å²) in [7, 11) is 0. The number of halogens is 1. The molecule has 2 saturated heterocycles. The second-order valence-corrected chi connectivity index (χ2v) is 13.7. The van der Waals surface area contributed by atoms with Crippen LogP contribution in [-0.2, 0) is 55.8 Å². The van der Waals surface area contributed by atoms with Crippen LogP contribution in [0.3, 0.4) is 0 Å². The van der Waals surface area contributed by atoms with Crippen molar-refractivity contribution < 1.29 is 62.6 Å². The van der Waals surface area contributed by atoms with Gasteiger partial charge in [0.15, 0.2) is 23.1 Å². The summed E-state index contributed by atoms with van der Waals surface area (Å²) in [6.07, 6.45) is -4.35. The standard InChI is InChI=1S/C36H41ClN8O15/c1-3-4-9-29-38-33(37)30(43(29)16-22-10-12-23(13-11-22)25-7-5-6-8-26(25)34-39-41-42-40-34)35(46)57-21(2)58-36(47)59-28-20-55-31-27(19-54-32(28)31)53-15-14-52-17-24(60-45(50)51)18-56-44(48)49/h5-8,10-13,21,24,27-28,31-32H,3-4,9,14-20H2,1-2H3,(H,39,40,41,42)/t21?,24-,27-,28+,31?,32?/m1/s1. The van der Waals surface area contributed by atoms with Crippen molar-refractivity contribution in [2.45, 2.75) is 76.5 Å². The summed E-state index contributed by atoms with van der Waals surface area (Å²) in [6.45, 7) is 2.57. The van der Waals surface area contributed by atoms with Crippen LogP contribution in [-0.4, -0.2) is 129 Å². The van der Waals surface area contributed by atoms with E-state index in [4.69, 9.17) is 44.8 Å². The second-order valence-electron chi connectivity index (χ2n) is 13.4. The fourth-order valence-corrected chi connectivity index (χ4v) is 6.85. The van der Waals surface area contributed by atoms with E-state index in [1.165, 1.54) is 6.92 Å². The highest BCUT2D eigenvalue weighted by atomic mass is 35.5. The van der Waals surface area contributed by atoms with E-state index in [1.54, 1.807) is 4.57 Å². The van der Waals surface area contributed by atoms with E-state index in [0.29, 0.717) is 18.1 Å².